The first-order chi connectivity index (χ1) is 10.8. The van der Waals surface area contributed by atoms with Crippen LogP contribution in [0.3, 0.4) is 0 Å². The van der Waals surface area contributed by atoms with Crippen molar-refractivity contribution in [1.82, 2.24) is 14.7 Å². The predicted molar refractivity (Wildman–Crippen MR) is 89.9 cm³/mol. The van der Waals surface area contributed by atoms with E-state index in [-0.39, 0.29) is 17.7 Å². The van der Waals surface area contributed by atoms with Gasteiger partial charge in [0.25, 0.3) is 0 Å². The van der Waals surface area contributed by atoms with E-state index in [1.165, 1.54) is 6.92 Å². The van der Waals surface area contributed by atoms with Gasteiger partial charge in [-0.2, -0.15) is 5.10 Å². The summed E-state index contributed by atoms with van der Waals surface area (Å²) in [4.78, 5) is 14.5. The number of aryl methyl sites for hydroxylation is 1. The molecule has 23 heavy (non-hydrogen) atoms. The third kappa shape index (κ3) is 4.34. The Morgan fingerprint density at radius 3 is 2.78 bits per heavy atom. The second-order valence-corrected chi connectivity index (χ2v) is 8.87. The summed E-state index contributed by atoms with van der Waals surface area (Å²) in [5, 5.41) is 3.33. The first kappa shape index (κ1) is 18.0. The van der Waals surface area contributed by atoms with Gasteiger partial charge in [-0.15, -0.1) is 0 Å². The summed E-state index contributed by atoms with van der Waals surface area (Å²) < 4.78 is 26.3. The molecule has 1 fully saturated rings. The summed E-state index contributed by atoms with van der Waals surface area (Å²) in [5.74, 6) is -0.191. The largest absolute Gasteiger partial charge is 0.337 e. The van der Waals surface area contributed by atoms with E-state index in [4.69, 9.17) is 0 Å². The Morgan fingerprint density at radius 1 is 1.43 bits per heavy atom. The molecule has 0 saturated carbocycles. The molecule has 2 atom stereocenters. The maximum absolute atomic E-state index is 12.7. The minimum atomic E-state index is -3.36. The average Bonchev–Trinajstić information content (AvgIpc) is 2.91. The molecule has 1 aromatic rings. The Hall–Kier alpha value is -1.37. The van der Waals surface area contributed by atoms with Crippen molar-refractivity contribution in [3.63, 3.8) is 0 Å². The predicted octanol–water partition coefficient (Wildman–Crippen LogP) is 1.79. The highest BCUT2D eigenvalue weighted by molar-refractivity contribution is 7.92. The van der Waals surface area contributed by atoms with Crippen molar-refractivity contribution in [3.8, 4) is 0 Å². The number of carbonyl (C=O) groups is 1. The van der Waals surface area contributed by atoms with E-state index in [9.17, 15) is 13.2 Å². The van der Waals surface area contributed by atoms with Gasteiger partial charge in [0.1, 0.15) is 5.25 Å². The molecule has 2 heterocycles. The van der Waals surface area contributed by atoms with Crippen LogP contribution in [0.5, 0.6) is 0 Å². The number of hydrogen-bond acceptors (Lipinski definition) is 4. The molecule has 0 unspecified atom stereocenters. The van der Waals surface area contributed by atoms with Gasteiger partial charge in [-0.1, -0.05) is 6.92 Å². The molecule has 1 aromatic heterocycles. The van der Waals surface area contributed by atoms with Crippen LogP contribution in [0.1, 0.15) is 45.1 Å². The van der Waals surface area contributed by atoms with Crippen LogP contribution in [0.15, 0.2) is 12.4 Å². The van der Waals surface area contributed by atoms with Crippen molar-refractivity contribution in [1.29, 1.82) is 0 Å². The topological polar surface area (TPSA) is 72.3 Å². The number of hydrogen-bond donors (Lipinski definition) is 0. The molecule has 0 spiro atoms. The molecular formula is C16H27N3O3S. The van der Waals surface area contributed by atoms with E-state index in [0.717, 1.165) is 24.8 Å². The lowest BCUT2D eigenvalue weighted by molar-refractivity contribution is -0.134. The zero-order chi connectivity index (χ0) is 17.0. The van der Waals surface area contributed by atoms with Crippen LogP contribution in [0.4, 0.5) is 0 Å². The molecule has 0 bridgehead atoms. The molecular weight excluding hydrogens is 314 g/mol. The average molecular weight is 341 g/mol. The highest BCUT2D eigenvalue weighted by Crippen LogP contribution is 2.21. The standard InChI is InChI=1S/C16H27N3O3S/c1-4-9-23(21,22)14(3)16(20)19-8-6-5-7-15(19)12-18-11-13(2)10-17-18/h10-11,14-15H,4-9,12H2,1-3H3/t14-,15-/m0/s1. The molecule has 0 aromatic carbocycles. The molecule has 1 saturated heterocycles. The fraction of sp³-hybridized carbons (Fsp3) is 0.750. The molecule has 0 aliphatic carbocycles. The summed E-state index contributed by atoms with van der Waals surface area (Å²) in [7, 11) is -3.36. The van der Waals surface area contributed by atoms with Gasteiger partial charge in [0.2, 0.25) is 5.91 Å². The van der Waals surface area contributed by atoms with Gasteiger partial charge in [0.15, 0.2) is 9.84 Å². The first-order valence-electron chi connectivity index (χ1n) is 8.36. The van der Waals surface area contributed by atoms with Gasteiger partial charge in [-0.05, 0) is 45.1 Å². The van der Waals surface area contributed by atoms with Crippen molar-refractivity contribution in [3.05, 3.63) is 18.0 Å². The lowest BCUT2D eigenvalue weighted by Gasteiger charge is -2.37. The number of amides is 1. The van der Waals surface area contributed by atoms with Crippen LogP contribution in [0, 0.1) is 6.92 Å². The van der Waals surface area contributed by atoms with Crippen LogP contribution in [0.25, 0.3) is 0 Å². The monoisotopic (exact) mass is 341 g/mol. The van der Waals surface area contributed by atoms with E-state index < -0.39 is 15.1 Å². The summed E-state index contributed by atoms with van der Waals surface area (Å²) in [6, 6.07) is 0.0230. The van der Waals surface area contributed by atoms with Crippen LogP contribution >= 0.6 is 0 Å². The van der Waals surface area contributed by atoms with Gasteiger partial charge in [-0.3, -0.25) is 9.48 Å². The molecule has 0 radical (unpaired) electrons. The van der Waals surface area contributed by atoms with Crippen LogP contribution in [-0.4, -0.2) is 52.6 Å². The fourth-order valence-electron chi connectivity index (χ4n) is 3.11. The third-order valence-electron chi connectivity index (χ3n) is 4.45. The first-order valence-corrected chi connectivity index (χ1v) is 10.1. The Kier molecular flexibility index (Phi) is 5.84. The van der Waals surface area contributed by atoms with Crippen LogP contribution < -0.4 is 0 Å². The van der Waals surface area contributed by atoms with Gasteiger partial charge in [0, 0.05) is 12.7 Å². The molecule has 1 aliphatic heterocycles. The number of sulfone groups is 1. The highest BCUT2D eigenvalue weighted by Gasteiger charge is 2.35. The van der Waals surface area contributed by atoms with Gasteiger partial charge < -0.3 is 4.90 Å². The van der Waals surface area contributed by atoms with Gasteiger partial charge in [0.05, 0.1) is 24.5 Å². The van der Waals surface area contributed by atoms with Crippen molar-refractivity contribution >= 4 is 15.7 Å². The summed E-state index contributed by atoms with van der Waals surface area (Å²) in [5.41, 5.74) is 1.08. The van der Waals surface area contributed by atoms with Crippen LogP contribution in [-0.2, 0) is 21.2 Å². The zero-order valence-corrected chi connectivity index (χ0v) is 15.1. The van der Waals surface area contributed by atoms with Crippen molar-refractivity contribution in [2.24, 2.45) is 0 Å². The lowest BCUT2D eigenvalue weighted by atomic mass is 10.0. The number of carbonyl (C=O) groups excluding carboxylic acids is 1. The van der Waals surface area contributed by atoms with Crippen molar-refractivity contribution in [2.45, 2.75) is 64.3 Å². The molecule has 130 valence electrons. The lowest BCUT2D eigenvalue weighted by Crippen LogP contribution is -2.51. The molecule has 2 rings (SSSR count). The minimum Gasteiger partial charge on any atom is -0.337 e. The Morgan fingerprint density at radius 2 is 2.17 bits per heavy atom. The molecule has 7 heteroatoms. The van der Waals surface area contributed by atoms with Crippen molar-refractivity contribution in [2.75, 3.05) is 12.3 Å². The summed E-state index contributed by atoms with van der Waals surface area (Å²) in [6.07, 6.45) is 7.17. The normalized spacial score (nSPS) is 20.5. The Labute approximate surface area is 138 Å². The van der Waals surface area contributed by atoms with Gasteiger partial charge in [-0.25, -0.2) is 8.42 Å². The third-order valence-corrected chi connectivity index (χ3v) is 6.70. The number of likely N-dealkylation sites (tertiary alicyclic amines) is 1. The summed E-state index contributed by atoms with van der Waals surface area (Å²) in [6.45, 7) is 6.58. The van der Waals surface area contributed by atoms with E-state index in [1.54, 1.807) is 11.1 Å². The maximum atomic E-state index is 12.7. The minimum absolute atomic E-state index is 0.0230. The maximum Gasteiger partial charge on any atom is 0.240 e. The zero-order valence-electron chi connectivity index (χ0n) is 14.2. The molecule has 6 nitrogen and oxygen atoms in total. The van der Waals surface area contributed by atoms with Crippen LogP contribution in [0.2, 0.25) is 0 Å². The fourth-order valence-corrected chi connectivity index (χ4v) is 4.48. The van der Waals surface area contributed by atoms with E-state index in [1.807, 2.05) is 24.7 Å². The van der Waals surface area contributed by atoms with Crippen molar-refractivity contribution < 1.29 is 13.2 Å². The number of rotatable bonds is 6. The highest BCUT2D eigenvalue weighted by atomic mass is 32.2. The number of aromatic nitrogens is 2. The SMILES string of the molecule is CCCS(=O)(=O)[C@@H](C)C(=O)N1CCCC[C@H]1Cn1cc(C)cn1. The smallest absolute Gasteiger partial charge is 0.240 e. The van der Waals surface area contributed by atoms with E-state index in [2.05, 4.69) is 5.10 Å². The second-order valence-electron chi connectivity index (χ2n) is 6.43. The number of nitrogens with zero attached hydrogens (tertiary/aromatic N) is 3. The Balaban J connectivity index is 2.12. The second kappa shape index (κ2) is 7.47. The summed E-state index contributed by atoms with van der Waals surface area (Å²) >= 11 is 0. The molecule has 1 aliphatic rings. The van der Waals surface area contributed by atoms with E-state index >= 15 is 0 Å². The Bertz CT molecular complexity index is 639. The van der Waals surface area contributed by atoms with Gasteiger partial charge >= 0.3 is 0 Å². The van der Waals surface area contributed by atoms with E-state index in [0.29, 0.717) is 19.5 Å². The number of piperidine rings is 1. The quantitative estimate of drug-likeness (QED) is 0.791. The molecule has 1 amide bonds. The molecule has 0 N–H and O–H groups in total.